The third-order valence-electron chi connectivity index (χ3n) is 7.93. The van der Waals surface area contributed by atoms with Crippen molar-refractivity contribution in [3.63, 3.8) is 0 Å². The number of pyridine rings is 1. The maximum atomic E-state index is 11.9. The number of carbonyl (C=O) groups excluding carboxylic acids is 3. The number of ether oxygens (including phenoxy) is 1. The van der Waals surface area contributed by atoms with Crippen molar-refractivity contribution in [2.75, 3.05) is 26.3 Å². The Balaban J connectivity index is 0.000000187. The Morgan fingerprint density at radius 1 is 0.674 bits per heavy atom. The van der Waals surface area contributed by atoms with Crippen LogP contribution in [0.3, 0.4) is 0 Å². The number of piperidine rings is 1. The number of hydrogen-bond acceptors (Lipinski definition) is 6. The normalized spacial score (nSPS) is 19.6. The highest BCUT2D eigenvalue weighted by atomic mass is 16.5. The van der Waals surface area contributed by atoms with Crippen LogP contribution in [0.5, 0.6) is 0 Å². The molecule has 2 saturated heterocycles. The standard InChI is InChI=1S/C15H19NO.C12H13NO.C12H12O2.CH4/c1-12(2)16-9-8-15(17)14(11-16)10-13-6-4-3-5-7-13;14-12-7-2-1-5-10(12)9-11-6-3-4-8-13-11;13-12-6-7-14-9-11(12)8-10-4-2-1-3-5-10;/h3-7,10,12H,8-9,11H2,1-2H3;3-4,6,8-9H,1-2,5,7H2;1-5,8H,6-7,9H2;1H4/b14-10+;10-9+;11-8+;. The summed E-state index contributed by atoms with van der Waals surface area (Å²) in [6.45, 7) is 7.04. The molecule has 3 aromatic rings. The lowest BCUT2D eigenvalue weighted by molar-refractivity contribution is -0.119. The van der Waals surface area contributed by atoms with Gasteiger partial charge in [-0.3, -0.25) is 24.3 Å². The van der Waals surface area contributed by atoms with Crippen LogP contribution in [0.25, 0.3) is 18.2 Å². The van der Waals surface area contributed by atoms with Crippen LogP contribution in [-0.2, 0) is 19.1 Å². The molecular formula is C40H48N2O4. The summed E-state index contributed by atoms with van der Waals surface area (Å²) in [5, 5.41) is 0. The van der Waals surface area contributed by atoms with E-state index in [2.05, 4.69) is 23.7 Å². The van der Waals surface area contributed by atoms with Crippen LogP contribution in [-0.4, -0.2) is 59.6 Å². The number of hydrogen-bond donors (Lipinski definition) is 0. The average molecular weight is 621 g/mol. The molecule has 3 aliphatic rings. The van der Waals surface area contributed by atoms with Crippen molar-refractivity contribution in [3.05, 3.63) is 119 Å². The van der Waals surface area contributed by atoms with Crippen molar-refractivity contribution in [1.82, 2.24) is 9.88 Å². The lowest BCUT2D eigenvalue weighted by Crippen LogP contribution is -2.40. The first-order chi connectivity index (χ1) is 21.9. The zero-order valence-corrected chi connectivity index (χ0v) is 26.5. The number of aromatic nitrogens is 1. The van der Waals surface area contributed by atoms with Crippen molar-refractivity contribution < 1.29 is 19.1 Å². The van der Waals surface area contributed by atoms with Gasteiger partial charge in [-0.2, -0.15) is 0 Å². The minimum absolute atomic E-state index is 0. The van der Waals surface area contributed by atoms with Gasteiger partial charge in [0.15, 0.2) is 17.3 Å². The Bertz CT molecular complexity index is 1420. The molecular weight excluding hydrogens is 572 g/mol. The van der Waals surface area contributed by atoms with Gasteiger partial charge < -0.3 is 4.74 Å². The van der Waals surface area contributed by atoms with E-state index >= 15 is 0 Å². The Morgan fingerprint density at radius 3 is 1.85 bits per heavy atom. The predicted molar refractivity (Wildman–Crippen MR) is 188 cm³/mol. The fraction of sp³-hybridized carbons (Fsp3) is 0.350. The molecule has 242 valence electrons. The van der Waals surface area contributed by atoms with E-state index in [1.54, 1.807) is 6.20 Å². The highest BCUT2D eigenvalue weighted by Crippen LogP contribution is 2.21. The number of carbonyl (C=O) groups is 3. The number of benzene rings is 2. The molecule has 0 bridgehead atoms. The highest BCUT2D eigenvalue weighted by molar-refractivity contribution is 6.01. The van der Waals surface area contributed by atoms with Gasteiger partial charge in [0, 0.05) is 55.7 Å². The third kappa shape index (κ3) is 11.9. The van der Waals surface area contributed by atoms with Crippen LogP contribution in [0, 0.1) is 0 Å². The molecule has 1 saturated carbocycles. The first-order valence-electron chi connectivity index (χ1n) is 15.9. The average Bonchev–Trinajstić information content (AvgIpc) is 3.06. The van der Waals surface area contributed by atoms with Gasteiger partial charge in [-0.1, -0.05) is 74.2 Å². The van der Waals surface area contributed by atoms with Crippen molar-refractivity contribution in [3.8, 4) is 0 Å². The molecule has 3 fully saturated rings. The van der Waals surface area contributed by atoms with E-state index in [1.807, 2.05) is 97.1 Å². The second-order valence-corrected chi connectivity index (χ2v) is 11.7. The topological polar surface area (TPSA) is 76.6 Å². The lowest BCUT2D eigenvalue weighted by Gasteiger charge is -2.31. The summed E-state index contributed by atoms with van der Waals surface area (Å²) >= 11 is 0. The molecule has 0 radical (unpaired) electrons. The minimum atomic E-state index is 0. The number of nitrogens with zero attached hydrogens (tertiary/aromatic N) is 2. The summed E-state index contributed by atoms with van der Waals surface area (Å²) in [5.74, 6) is 0.799. The maximum Gasteiger partial charge on any atom is 0.163 e. The van der Waals surface area contributed by atoms with E-state index < -0.39 is 0 Å². The van der Waals surface area contributed by atoms with E-state index in [4.69, 9.17) is 4.74 Å². The van der Waals surface area contributed by atoms with Gasteiger partial charge in [-0.25, -0.2) is 0 Å². The van der Waals surface area contributed by atoms with E-state index in [1.165, 1.54) is 0 Å². The van der Waals surface area contributed by atoms with Crippen LogP contribution in [0.4, 0.5) is 0 Å². The van der Waals surface area contributed by atoms with Crippen LogP contribution in [0.1, 0.15) is 76.6 Å². The van der Waals surface area contributed by atoms with Gasteiger partial charge in [0.1, 0.15) is 0 Å². The van der Waals surface area contributed by atoms with Gasteiger partial charge in [0.05, 0.1) is 18.9 Å². The fourth-order valence-corrected chi connectivity index (χ4v) is 5.26. The number of likely N-dealkylation sites (tertiary alicyclic amines) is 1. The quantitative estimate of drug-likeness (QED) is 0.275. The first kappa shape index (κ1) is 36.2. The molecule has 0 spiro atoms. The molecule has 1 aliphatic carbocycles. The number of Topliss-reactive ketones (excluding diaryl/α,β-unsaturated/α-hetero) is 3. The Morgan fingerprint density at radius 2 is 1.26 bits per heavy atom. The maximum absolute atomic E-state index is 11.9. The van der Waals surface area contributed by atoms with Crippen LogP contribution >= 0.6 is 0 Å². The lowest BCUT2D eigenvalue weighted by atomic mass is 9.93. The molecule has 6 rings (SSSR count). The van der Waals surface area contributed by atoms with Gasteiger partial charge in [0.25, 0.3) is 0 Å². The van der Waals surface area contributed by atoms with Crippen LogP contribution in [0.15, 0.2) is 102 Å². The third-order valence-corrected chi connectivity index (χ3v) is 7.93. The van der Waals surface area contributed by atoms with Crippen molar-refractivity contribution in [1.29, 1.82) is 0 Å². The zero-order valence-electron chi connectivity index (χ0n) is 26.5. The molecule has 0 atom stereocenters. The number of rotatable bonds is 4. The molecule has 2 aliphatic heterocycles. The monoisotopic (exact) mass is 620 g/mol. The smallest absolute Gasteiger partial charge is 0.163 e. The summed E-state index contributed by atoms with van der Waals surface area (Å²) in [5.41, 5.74) is 5.72. The van der Waals surface area contributed by atoms with Crippen LogP contribution in [0.2, 0.25) is 0 Å². The highest BCUT2D eigenvalue weighted by Gasteiger charge is 2.22. The van der Waals surface area contributed by atoms with E-state index in [0.29, 0.717) is 50.1 Å². The van der Waals surface area contributed by atoms with Gasteiger partial charge in [0.2, 0.25) is 0 Å². The first-order valence-corrected chi connectivity index (χ1v) is 15.9. The molecule has 6 heteroatoms. The molecule has 3 heterocycles. The van der Waals surface area contributed by atoms with E-state index in [0.717, 1.165) is 65.9 Å². The Labute approximate surface area is 274 Å². The number of allylic oxidation sites excluding steroid dienone is 1. The summed E-state index contributed by atoms with van der Waals surface area (Å²) in [4.78, 5) is 41.3. The summed E-state index contributed by atoms with van der Waals surface area (Å²) < 4.78 is 5.24. The molecule has 0 amide bonds. The summed E-state index contributed by atoms with van der Waals surface area (Å²) in [6, 6.07) is 26.1. The fourth-order valence-electron chi connectivity index (χ4n) is 5.26. The Hall–Kier alpha value is -4.26. The molecule has 1 aromatic heterocycles. The molecule has 0 unspecified atom stereocenters. The van der Waals surface area contributed by atoms with E-state index in [9.17, 15) is 14.4 Å². The second-order valence-electron chi connectivity index (χ2n) is 11.7. The number of ketones is 3. The predicted octanol–water partition coefficient (Wildman–Crippen LogP) is 8.06. The van der Waals surface area contributed by atoms with Gasteiger partial charge in [-0.05, 0) is 80.2 Å². The Kier molecular flexibility index (Phi) is 15.2. The summed E-state index contributed by atoms with van der Waals surface area (Å²) in [6.07, 6.45) is 12.5. The van der Waals surface area contributed by atoms with Gasteiger partial charge >= 0.3 is 0 Å². The molecule has 2 aromatic carbocycles. The summed E-state index contributed by atoms with van der Waals surface area (Å²) in [7, 11) is 0. The van der Waals surface area contributed by atoms with Crippen molar-refractivity contribution >= 4 is 35.6 Å². The molecule has 46 heavy (non-hydrogen) atoms. The second kappa shape index (κ2) is 19.3. The minimum Gasteiger partial charge on any atom is -0.376 e. The van der Waals surface area contributed by atoms with Crippen molar-refractivity contribution in [2.45, 2.75) is 65.8 Å². The largest absolute Gasteiger partial charge is 0.376 e. The van der Waals surface area contributed by atoms with Gasteiger partial charge in [-0.15, -0.1) is 0 Å². The zero-order chi connectivity index (χ0) is 31.9. The van der Waals surface area contributed by atoms with Crippen molar-refractivity contribution in [2.24, 2.45) is 0 Å². The SMILES string of the molecule is C.CC(C)N1CCC(=O)/C(=C/c2ccccc2)C1.O=C1CCCC/C1=C\c1ccccn1.O=C1CCOC/C1=C\c1ccccc1. The molecule has 6 nitrogen and oxygen atoms in total. The molecule has 0 N–H and O–H groups in total. The van der Waals surface area contributed by atoms with Crippen LogP contribution < -0.4 is 0 Å². The van der Waals surface area contributed by atoms with E-state index in [-0.39, 0.29) is 13.2 Å².